The van der Waals surface area contributed by atoms with Gasteiger partial charge in [0.05, 0.1) is 4.90 Å². The van der Waals surface area contributed by atoms with Crippen LogP contribution in [-0.2, 0) is 30.8 Å². The van der Waals surface area contributed by atoms with Crippen LogP contribution in [-0.4, -0.2) is 50.8 Å². The van der Waals surface area contributed by atoms with Crippen molar-refractivity contribution in [2.45, 2.75) is 69.1 Å². The van der Waals surface area contributed by atoms with Crippen molar-refractivity contribution in [1.29, 1.82) is 0 Å². The van der Waals surface area contributed by atoms with E-state index in [1.165, 1.54) is 18.4 Å². The minimum atomic E-state index is -3.45. The molecule has 2 aliphatic rings. The van der Waals surface area contributed by atoms with Crippen molar-refractivity contribution in [3.8, 4) is 0 Å². The number of nitrogens with one attached hydrogen (secondary N) is 1. The van der Waals surface area contributed by atoms with Gasteiger partial charge in [0.2, 0.25) is 10.0 Å². The Hall–Kier alpha value is -2.19. The molecule has 1 fully saturated rings. The molecule has 1 saturated heterocycles. The number of piperidine rings is 1. The largest absolute Gasteiger partial charge is 0.456 e. The summed E-state index contributed by atoms with van der Waals surface area (Å²) in [5.41, 5.74) is 2.24. The van der Waals surface area contributed by atoms with Crippen LogP contribution in [0.3, 0.4) is 0 Å². The first kappa shape index (κ1) is 24.5. The zero-order valence-electron chi connectivity index (χ0n) is 18.7. The van der Waals surface area contributed by atoms with Gasteiger partial charge in [-0.3, -0.25) is 9.59 Å². The Morgan fingerprint density at radius 1 is 0.969 bits per heavy atom. The number of sulfonamides is 1. The number of rotatable bonds is 10. The quantitative estimate of drug-likeness (QED) is 0.425. The number of allylic oxidation sites excluding steroid dienone is 1. The lowest BCUT2D eigenvalue weighted by Gasteiger charge is -2.25. The predicted octanol–water partition coefficient (Wildman–Crippen LogP) is 3.34. The molecule has 3 rings (SSSR count). The number of carbonyl (C=O) groups excluding carboxylic acids is 2. The highest BCUT2D eigenvalue weighted by atomic mass is 32.2. The SMILES string of the molecule is O=C(COC(=O)CCc1ccc(S(=O)(=O)N2CCCCC2)cc1)NCCC1=CCCCC1. The summed E-state index contributed by atoms with van der Waals surface area (Å²) in [4.78, 5) is 24.1. The number of aryl methyl sites for hydroxylation is 1. The molecule has 1 aliphatic carbocycles. The summed E-state index contributed by atoms with van der Waals surface area (Å²) in [5, 5.41) is 2.79. The summed E-state index contributed by atoms with van der Waals surface area (Å²) in [6.07, 6.45) is 11.2. The number of ether oxygens (including phenoxy) is 1. The molecule has 176 valence electrons. The number of hydrogen-bond acceptors (Lipinski definition) is 5. The number of carbonyl (C=O) groups is 2. The Bertz CT molecular complexity index is 903. The average molecular weight is 463 g/mol. The minimum absolute atomic E-state index is 0.137. The van der Waals surface area contributed by atoms with E-state index in [1.54, 1.807) is 28.6 Å². The van der Waals surface area contributed by atoms with Gasteiger partial charge in [0.1, 0.15) is 0 Å². The lowest BCUT2D eigenvalue weighted by molar-refractivity contribution is -0.148. The molecular weight excluding hydrogens is 428 g/mol. The van der Waals surface area contributed by atoms with Gasteiger partial charge in [-0.2, -0.15) is 4.31 Å². The van der Waals surface area contributed by atoms with Crippen LogP contribution < -0.4 is 5.32 Å². The van der Waals surface area contributed by atoms with E-state index in [0.29, 0.717) is 26.1 Å². The number of esters is 1. The second-order valence-corrected chi connectivity index (χ2v) is 10.4. The second kappa shape index (κ2) is 12.2. The summed E-state index contributed by atoms with van der Waals surface area (Å²) in [5.74, 6) is -0.734. The molecule has 8 heteroatoms. The van der Waals surface area contributed by atoms with Gasteiger partial charge in [-0.1, -0.05) is 30.2 Å². The van der Waals surface area contributed by atoms with Crippen LogP contribution >= 0.6 is 0 Å². The zero-order chi connectivity index (χ0) is 22.8. The molecule has 0 aromatic heterocycles. The van der Waals surface area contributed by atoms with Crippen molar-refractivity contribution in [2.24, 2.45) is 0 Å². The summed E-state index contributed by atoms with van der Waals surface area (Å²) in [7, 11) is -3.45. The van der Waals surface area contributed by atoms with Crippen LogP contribution in [0.5, 0.6) is 0 Å². The van der Waals surface area contributed by atoms with E-state index in [4.69, 9.17) is 4.74 Å². The molecule has 32 heavy (non-hydrogen) atoms. The first-order valence-electron chi connectivity index (χ1n) is 11.6. The van der Waals surface area contributed by atoms with Crippen LogP contribution in [0, 0.1) is 0 Å². The molecule has 0 saturated carbocycles. The fourth-order valence-corrected chi connectivity index (χ4v) is 5.61. The van der Waals surface area contributed by atoms with Gasteiger partial charge >= 0.3 is 5.97 Å². The molecule has 0 atom stereocenters. The zero-order valence-corrected chi connectivity index (χ0v) is 19.5. The molecule has 0 spiro atoms. The molecule has 0 bridgehead atoms. The van der Waals surface area contributed by atoms with Crippen molar-refractivity contribution in [1.82, 2.24) is 9.62 Å². The second-order valence-electron chi connectivity index (χ2n) is 8.48. The van der Waals surface area contributed by atoms with Crippen LogP contribution in [0.1, 0.15) is 63.4 Å². The molecule has 1 heterocycles. The molecular formula is C24H34N2O5S. The summed E-state index contributed by atoms with van der Waals surface area (Å²) in [6.45, 7) is 1.43. The van der Waals surface area contributed by atoms with Gasteiger partial charge in [-0.05, 0) is 69.1 Å². The van der Waals surface area contributed by atoms with E-state index in [-0.39, 0.29) is 23.8 Å². The number of amides is 1. The molecule has 1 aromatic rings. The molecule has 1 amide bonds. The molecule has 1 N–H and O–H groups in total. The van der Waals surface area contributed by atoms with Crippen molar-refractivity contribution in [3.05, 3.63) is 41.5 Å². The highest BCUT2D eigenvalue weighted by Gasteiger charge is 2.25. The van der Waals surface area contributed by atoms with E-state index in [2.05, 4.69) is 11.4 Å². The normalized spacial score (nSPS) is 17.4. The Morgan fingerprint density at radius 3 is 2.41 bits per heavy atom. The van der Waals surface area contributed by atoms with Crippen LogP contribution in [0.2, 0.25) is 0 Å². The Kier molecular flexibility index (Phi) is 9.29. The Labute approximate surface area is 191 Å². The Balaban J connectivity index is 1.35. The van der Waals surface area contributed by atoms with Crippen molar-refractivity contribution < 1.29 is 22.7 Å². The van der Waals surface area contributed by atoms with Crippen LogP contribution in [0.4, 0.5) is 0 Å². The van der Waals surface area contributed by atoms with E-state index < -0.39 is 16.0 Å². The number of nitrogens with zero attached hydrogens (tertiary/aromatic N) is 1. The summed E-state index contributed by atoms with van der Waals surface area (Å²) >= 11 is 0. The monoisotopic (exact) mass is 462 g/mol. The van der Waals surface area contributed by atoms with E-state index >= 15 is 0 Å². The maximum Gasteiger partial charge on any atom is 0.306 e. The lowest BCUT2D eigenvalue weighted by Crippen LogP contribution is -2.35. The van der Waals surface area contributed by atoms with Crippen molar-refractivity contribution in [3.63, 3.8) is 0 Å². The maximum absolute atomic E-state index is 12.7. The predicted molar refractivity (Wildman–Crippen MR) is 123 cm³/mol. The minimum Gasteiger partial charge on any atom is -0.456 e. The van der Waals surface area contributed by atoms with Gasteiger partial charge in [-0.15, -0.1) is 0 Å². The van der Waals surface area contributed by atoms with Gasteiger partial charge in [0.25, 0.3) is 5.91 Å². The standard InChI is InChI=1S/C24H34N2O5S/c27-23(25-16-15-20-7-3-1-4-8-20)19-31-24(28)14-11-21-9-12-22(13-10-21)32(29,30)26-17-5-2-6-18-26/h7,9-10,12-13H,1-6,8,11,14-19H2,(H,25,27). The molecule has 1 aliphatic heterocycles. The summed E-state index contributed by atoms with van der Waals surface area (Å²) < 4.78 is 32.0. The first-order chi connectivity index (χ1) is 15.4. The van der Waals surface area contributed by atoms with Gasteiger partial charge in [0.15, 0.2) is 6.61 Å². The third-order valence-corrected chi connectivity index (χ3v) is 7.92. The molecule has 7 nitrogen and oxygen atoms in total. The smallest absolute Gasteiger partial charge is 0.306 e. The molecule has 0 radical (unpaired) electrons. The third-order valence-electron chi connectivity index (χ3n) is 6.01. The fourth-order valence-electron chi connectivity index (χ4n) is 4.09. The van der Waals surface area contributed by atoms with E-state index in [0.717, 1.165) is 44.1 Å². The molecule has 0 unspecified atom stereocenters. The van der Waals surface area contributed by atoms with Crippen LogP contribution in [0.15, 0.2) is 40.8 Å². The van der Waals surface area contributed by atoms with Gasteiger partial charge in [0, 0.05) is 26.1 Å². The molecule has 1 aromatic carbocycles. The van der Waals surface area contributed by atoms with Gasteiger partial charge < -0.3 is 10.1 Å². The highest BCUT2D eigenvalue weighted by molar-refractivity contribution is 7.89. The van der Waals surface area contributed by atoms with Crippen LogP contribution in [0.25, 0.3) is 0 Å². The summed E-state index contributed by atoms with van der Waals surface area (Å²) in [6, 6.07) is 6.66. The van der Waals surface area contributed by atoms with E-state index in [9.17, 15) is 18.0 Å². The number of benzene rings is 1. The van der Waals surface area contributed by atoms with Crippen molar-refractivity contribution >= 4 is 21.9 Å². The lowest BCUT2D eigenvalue weighted by atomic mass is 9.97. The maximum atomic E-state index is 12.7. The fraction of sp³-hybridized carbons (Fsp3) is 0.583. The van der Waals surface area contributed by atoms with Gasteiger partial charge in [-0.25, -0.2) is 8.42 Å². The average Bonchev–Trinajstić information content (AvgIpc) is 2.83. The van der Waals surface area contributed by atoms with Crippen molar-refractivity contribution in [2.75, 3.05) is 26.2 Å². The number of hydrogen-bond donors (Lipinski definition) is 1. The topological polar surface area (TPSA) is 92.8 Å². The third kappa shape index (κ3) is 7.45. The highest BCUT2D eigenvalue weighted by Crippen LogP contribution is 2.21. The first-order valence-corrected chi connectivity index (χ1v) is 13.1. The Morgan fingerprint density at radius 2 is 1.72 bits per heavy atom. The van der Waals surface area contributed by atoms with E-state index in [1.807, 2.05) is 0 Å².